The predicted octanol–water partition coefficient (Wildman–Crippen LogP) is 4.67. The van der Waals surface area contributed by atoms with E-state index in [1.54, 1.807) is 0 Å². The van der Waals surface area contributed by atoms with E-state index in [9.17, 15) is 0 Å². The Morgan fingerprint density at radius 1 is 1.05 bits per heavy atom. The minimum absolute atomic E-state index is 0.200. The lowest BCUT2D eigenvalue weighted by atomic mass is 9.55. The van der Waals surface area contributed by atoms with Crippen LogP contribution < -0.4 is 0 Å². The van der Waals surface area contributed by atoms with Crippen molar-refractivity contribution in [1.29, 1.82) is 0 Å². The highest BCUT2D eigenvalue weighted by molar-refractivity contribution is 6.12. The molecule has 1 heterocycles. The van der Waals surface area contributed by atoms with Crippen molar-refractivity contribution in [3.63, 3.8) is 0 Å². The van der Waals surface area contributed by atoms with Gasteiger partial charge in [-0.25, -0.2) is 0 Å². The molecule has 0 aromatic heterocycles. The smallest absolute Gasteiger partial charge is 0.0710 e. The van der Waals surface area contributed by atoms with Crippen molar-refractivity contribution in [2.45, 2.75) is 91.5 Å². The largest absolute Gasteiger partial charge is 0.293 e. The molecule has 1 fully saturated rings. The SMILES string of the molecule is [B]C1C(C)CC(C)(C)N(CCC)C(C)(C)CC1(C)C. The molecular formula is C17H34BN. The quantitative estimate of drug-likeness (QED) is 0.654. The standard InChI is InChI=1S/C17H34BN/c1-9-10-19-16(5,6)11-13(2)14(18)15(3,4)12-17(19,7)8/h13-14H,9-12H2,1-8H3. The summed E-state index contributed by atoms with van der Waals surface area (Å²) >= 11 is 0. The predicted molar refractivity (Wildman–Crippen MR) is 86.8 cm³/mol. The topological polar surface area (TPSA) is 3.24 Å². The number of nitrogens with zero attached hydrogens (tertiary/aromatic N) is 1. The summed E-state index contributed by atoms with van der Waals surface area (Å²) in [7, 11) is 6.57. The average Bonchev–Trinajstić information content (AvgIpc) is 2.20. The molecule has 0 saturated carbocycles. The molecule has 1 aliphatic heterocycles. The van der Waals surface area contributed by atoms with Crippen molar-refractivity contribution in [1.82, 2.24) is 4.90 Å². The highest BCUT2D eigenvalue weighted by atomic mass is 15.2. The van der Waals surface area contributed by atoms with E-state index in [2.05, 4.69) is 60.3 Å². The molecule has 2 atom stereocenters. The zero-order chi connectivity index (χ0) is 15.1. The molecule has 0 bridgehead atoms. The van der Waals surface area contributed by atoms with E-state index < -0.39 is 0 Å². The molecule has 0 aliphatic carbocycles. The Hall–Kier alpha value is 0.0249. The van der Waals surface area contributed by atoms with Crippen LogP contribution in [0.25, 0.3) is 0 Å². The normalized spacial score (nSPS) is 34.5. The van der Waals surface area contributed by atoms with Crippen molar-refractivity contribution in [3.8, 4) is 0 Å². The van der Waals surface area contributed by atoms with Gasteiger partial charge in [-0.1, -0.05) is 33.5 Å². The maximum Gasteiger partial charge on any atom is 0.0710 e. The van der Waals surface area contributed by atoms with Crippen LogP contribution in [0.3, 0.4) is 0 Å². The molecule has 0 aromatic rings. The Morgan fingerprint density at radius 3 is 2.05 bits per heavy atom. The van der Waals surface area contributed by atoms with Crippen LogP contribution in [0.1, 0.15) is 74.7 Å². The van der Waals surface area contributed by atoms with Crippen LogP contribution in [0.5, 0.6) is 0 Å². The van der Waals surface area contributed by atoms with Crippen molar-refractivity contribution in [3.05, 3.63) is 0 Å². The number of hydrogen-bond acceptors (Lipinski definition) is 1. The Kier molecular flexibility index (Phi) is 4.88. The summed E-state index contributed by atoms with van der Waals surface area (Å²) in [6, 6.07) is 0. The molecular weight excluding hydrogens is 229 g/mol. The molecule has 1 aliphatic rings. The summed E-state index contributed by atoms with van der Waals surface area (Å²) in [4.78, 5) is 2.73. The summed E-state index contributed by atoms with van der Waals surface area (Å²) < 4.78 is 0. The second-order valence-corrected chi connectivity index (χ2v) is 8.65. The van der Waals surface area contributed by atoms with Crippen LogP contribution in [0.4, 0.5) is 0 Å². The first-order valence-corrected chi connectivity index (χ1v) is 7.97. The second kappa shape index (κ2) is 5.43. The molecule has 2 unspecified atom stereocenters. The molecule has 1 rings (SSSR count). The van der Waals surface area contributed by atoms with Gasteiger partial charge in [0.25, 0.3) is 0 Å². The first-order chi connectivity index (χ1) is 8.44. The molecule has 19 heavy (non-hydrogen) atoms. The van der Waals surface area contributed by atoms with Gasteiger partial charge in [-0.2, -0.15) is 0 Å². The maximum atomic E-state index is 6.57. The monoisotopic (exact) mass is 263 g/mol. The highest BCUT2D eigenvalue weighted by Crippen LogP contribution is 2.49. The zero-order valence-corrected chi connectivity index (χ0v) is 14.5. The summed E-state index contributed by atoms with van der Waals surface area (Å²) in [6.45, 7) is 20.1. The molecule has 2 heteroatoms. The van der Waals surface area contributed by atoms with Crippen LogP contribution in [0, 0.1) is 11.3 Å². The first kappa shape index (κ1) is 17.1. The summed E-state index contributed by atoms with van der Waals surface area (Å²) in [5, 5.41) is 0. The first-order valence-electron chi connectivity index (χ1n) is 7.97. The molecule has 0 spiro atoms. The van der Waals surface area contributed by atoms with Gasteiger partial charge in [0.15, 0.2) is 0 Å². The van der Waals surface area contributed by atoms with E-state index in [-0.39, 0.29) is 22.3 Å². The van der Waals surface area contributed by atoms with E-state index in [1.165, 1.54) is 19.4 Å². The van der Waals surface area contributed by atoms with E-state index in [0.717, 1.165) is 6.42 Å². The Morgan fingerprint density at radius 2 is 1.58 bits per heavy atom. The lowest BCUT2D eigenvalue weighted by molar-refractivity contribution is -0.0428. The summed E-state index contributed by atoms with van der Waals surface area (Å²) in [6.07, 6.45) is 3.56. The fourth-order valence-corrected chi connectivity index (χ4v) is 4.77. The second-order valence-electron chi connectivity index (χ2n) is 8.65. The van der Waals surface area contributed by atoms with Gasteiger partial charge in [0.1, 0.15) is 0 Å². The lowest BCUT2D eigenvalue weighted by Crippen LogP contribution is -2.59. The molecule has 0 N–H and O–H groups in total. The molecule has 0 aromatic carbocycles. The number of likely N-dealkylation sites (tertiary alicyclic amines) is 1. The van der Waals surface area contributed by atoms with Crippen LogP contribution >= 0.6 is 0 Å². The van der Waals surface area contributed by atoms with Crippen LogP contribution in [0.15, 0.2) is 0 Å². The molecule has 1 saturated heterocycles. The Balaban J connectivity index is 3.17. The van der Waals surface area contributed by atoms with Gasteiger partial charge < -0.3 is 0 Å². The minimum Gasteiger partial charge on any atom is -0.293 e. The van der Waals surface area contributed by atoms with E-state index in [1.807, 2.05) is 0 Å². The molecule has 110 valence electrons. The number of rotatable bonds is 2. The van der Waals surface area contributed by atoms with Gasteiger partial charge in [0.05, 0.1) is 7.85 Å². The fraction of sp³-hybridized carbons (Fsp3) is 1.00. The van der Waals surface area contributed by atoms with Crippen LogP contribution in [0.2, 0.25) is 5.82 Å². The zero-order valence-electron chi connectivity index (χ0n) is 14.5. The van der Waals surface area contributed by atoms with Crippen molar-refractivity contribution in [2.24, 2.45) is 11.3 Å². The van der Waals surface area contributed by atoms with E-state index in [0.29, 0.717) is 5.92 Å². The highest BCUT2D eigenvalue weighted by Gasteiger charge is 2.46. The average molecular weight is 263 g/mol. The van der Waals surface area contributed by atoms with Gasteiger partial charge >= 0.3 is 0 Å². The van der Waals surface area contributed by atoms with Crippen molar-refractivity contribution >= 4 is 7.85 Å². The molecule has 1 nitrogen and oxygen atoms in total. The summed E-state index contributed by atoms with van der Waals surface area (Å²) in [5.74, 6) is 0.857. The van der Waals surface area contributed by atoms with Gasteiger partial charge in [-0.3, -0.25) is 4.90 Å². The maximum absolute atomic E-state index is 6.57. The molecule has 2 radical (unpaired) electrons. The van der Waals surface area contributed by atoms with E-state index >= 15 is 0 Å². The van der Waals surface area contributed by atoms with Gasteiger partial charge in [0.2, 0.25) is 0 Å². The van der Waals surface area contributed by atoms with Crippen molar-refractivity contribution < 1.29 is 0 Å². The Bertz CT molecular complexity index is 306. The number of hydrogen-bond donors (Lipinski definition) is 0. The minimum atomic E-state index is 0.200. The molecule has 0 amide bonds. The summed E-state index contributed by atoms with van der Waals surface area (Å²) in [5.41, 5.74) is 0.638. The Labute approximate surface area is 122 Å². The van der Waals surface area contributed by atoms with Crippen LogP contribution in [-0.4, -0.2) is 30.4 Å². The fourth-order valence-electron chi connectivity index (χ4n) is 4.77. The van der Waals surface area contributed by atoms with Gasteiger partial charge in [-0.05, 0) is 64.8 Å². The van der Waals surface area contributed by atoms with Gasteiger partial charge in [-0.15, -0.1) is 0 Å². The van der Waals surface area contributed by atoms with E-state index in [4.69, 9.17) is 7.85 Å². The third-order valence-electron chi connectivity index (χ3n) is 5.13. The van der Waals surface area contributed by atoms with Crippen LogP contribution in [-0.2, 0) is 0 Å². The lowest BCUT2D eigenvalue weighted by Gasteiger charge is -2.56. The third-order valence-corrected chi connectivity index (χ3v) is 5.13. The van der Waals surface area contributed by atoms with Crippen molar-refractivity contribution in [2.75, 3.05) is 6.54 Å². The third kappa shape index (κ3) is 3.57. The van der Waals surface area contributed by atoms with Gasteiger partial charge in [0, 0.05) is 11.1 Å².